The van der Waals surface area contributed by atoms with Crippen molar-refractivity contribution in [3.05, 3.63) is 35.9 Å². The van der Waals surface area contributed by atoms with Crippen LogP contribution < -0.4 is 10.6 Å². The van der Waals surface area contributed by atoms with E-state index in [4.69, 9.17) is 9.73 Å². The highest BCUT2D eigenvalue weighted by Crippen LogP contribution is 2.16. The van der Waals surface area contributed by atoms with Crippen molar-refractivity contribution in [3.63, 3.8) is 0 Å². The Hall–Kier alpha value is -2.24. The molecule has 1 heterocycles. The summed E-state index contributed by atoms with van der Waals surface area (Å²) in [6, 6.07) is 10.5. The molecule has 1 aliphatic heterocycles. The van der Waals surface area contributed by atoms with Crippen LogP contribution in [0, 0.1) is 0 Å². The minimum atomic E-state index is -0.480. The third-order valence-corrected chi connectivity index (χ3v) is 4.43. The predicted octanol–water partition coefficient (Wildman–Crippen LogP) is 3.35. The van der Waals surface area contributed by atoms with Crippen LogP contribution in [0.4, 0.5) is 4.79 Å². The molecule has 1 aromatic carbocycles. The molecule has 1 fully saturated rings. The summed E-state index contributed by atoms with van der Waals surface area (Å²) in [7, 11) is 0. The second kappa shape index (κ2) is 9.62. The lowest BCUT2D eigenvalue weighted by molar-refractivity contribution is 0.0507. The molecule has 0 spiro atoms. The first-order chi connectivity index (χ1) is 12.8. The third kappa shape index (κ3) is 7.12. The molecule has 27 heavy (non-hydrogen) atoms. The molecule has 0 saturated carbocycles. The van der Waals surface area contributed by atoms with Gasteiger partial charge in [0.2, 0.25) is 0 Å². The van der Waals surface area contributed by atoms with E-state index in [0.717, 1.165) is 38.6 Å². The van der Waals surface area contributed by atoms with Crippen LogP contribution in [0.2, 0.25) is 0 Å². The van der Waals surface area contributed by atoms with Crippen LogP contribution in [0.3, 0.4) is 0 Å². The molecule has 2 atom stereocenters. The molecule has 1 aliphatic rings. The Kier molecular flexibility index (Phi) is 7.51. The zero-order valence-electron chi connectivity index (χ0n) is 17.3. The first kappa shape index (κ1) is 21.1. The summed E-state index contributed by atoms with van der Waals surface area (Å²) in [4.78, 5) is 19.0. The van der Waals surface area contributed by atoms with E-state index in [1.807, 2.05) is 26.8 Å². The van der Waals surface area contributed by atoms with Gasteiger partial charge in [-0.2, -0.15) is 0 Å². The summed E-state index contributed by atoms with van der Waals surface area (Å²) in [5.74, 6) is 1.27. The molecule has 1 aromatic rings. The number of hydrogen-bond acceptors (Lipinski definition) is 3. The summed E-state index contributed by atoms with van der Waals surface area (Å²) in [6.07, 6.45) is 0.534. The molecule has 0 aliphatic carbocycles. The van der Waals surface area contributed by atoms with Crippen LogP contribution in [0.15, 0.2) is 35.3 Å². The van der Waals surface area contributed by atoms with Crippen LogP contribution in [0.1, 0.15) is 52.5 Å². The van der Waals surface area contributed by atoms with Gasteiger partial charge >= 0.3 is 6.09 Å². The number of carbonyl (C=O) groups is 1. The second-order valence-electron chi connectivity index (χ2n) is 8.08. The van der Waals surface area contributed by atoms with Gasteiger partial charge in [0.1, 0.15) is 5.60 Å². The number of alkyl carbamates (subject to hydrolysis) is 1. The van der Waals surface area contributed by atoms with Crippen LogP contribution in [-0.2, 0) is 4.74 Å². The standard InChI is InChI=1S/C21H34N4O2/c1-6-22-19(23-14-16(2)17-10-8-7-9-11-17)25-13-12-18(15-25)24-20(26)27-21(3,4)5/h7-11,16,18H,6,12-15H2,1-5H3,(H,22,23)(H,24,26). The minimum absolute atomic E-state index is 0.0789. The third-order valence-electron chi connectivity index (χ3n) is 4.43. The minimum Gasteiger partial charge on any atom is -0.444 e. The number of likely N-dealkylation sites (tertiary alicyclic amines) is 1. The first-order valence-corrected chi connectivity index (χ1v) is 9.86. The van der Waals surface area contributed by atoms with E-state index in [1.165, 1.54) is 5.56 Å². The molecule has 6 nitrogen and oxygen atoms in total. The van der Waals surface area contributed by atoms with Gasteiger partial charge in [-0.1, -0.05) is 37.3 Å². The van der Waals surface area contributed by atoms with E-state index in [2.05, 4.69) is 53.6 Å². The lowest BCUT2D eigenvalue weighted by atomic mass is 10.0. The van der Waals surface area contributed by atoms with Gasteiger partial charge in [-0.15, -0.1) is 0 Å². The zero-order valence-corrected chi connectivity index (χ0v) is 17.3. The lowest BCUT2D eigenvalue weighted by Crippen LogP contribution is -2.44. The van der Waals surface area contributed by atoms with Gasteiger partial charge in [-0.3, -0.25) is 4.99 Å². The van der Waals surface area contributed by atoms with Crippen molar-refractivity contribution in [2.45, 2.75) is 58.6 Å². The molecule has 2 rings (SSSR count). The molecular weight excluding hydrogens is 340 g/mol. The number of carbonyl (C=O) groups excluding carboxylic acids is 1. The quantitative estimate of drug-likeness (QED) is 0.613. The Morgan fingerprint density at radius 2 is 2.04 bits per heavy atom. The number of rotatable bonds is 5. The fourth-order valence-electron chi connectivity index (χ4n) is 3.08. The van der Waals surface area contributed by atoms with Crippen molar-refractivity contribution in [2.24, 2.45) is 4.99 Å². The molecule has 0 radical (unpaired) electrons. The van der Waals surface area contributed by atoms with Crippen molar-refractivity contribution in [1.82, 2.24) is 15.5 Å². The molecule has 150 valence electrons. The average molecular weight is 375 g/mol. The maximum atomic E-state index is 12.0. The van der Waals surface area contributed by atoms with Gasteiger partial charge in [-0.05, 0) is 39.7 Å². The topological polar surface area (TPSA) is 66.0 Å². The predicted molar refractivity (Wildman–Crippen MR) is 110 cm³/mol. The number of hydrogen-bond donors (Lipinski definition) is 2. The smallest absolute Gasteiger partial charge is 0.407 e. The highest BCUT2D eigenvalue weighted by molar-refractivity contribution is 5.80. The largest absolute Gasteiger partial charge is 0.444 e. The number of nitrogens with zero attached hydrogens (tertiary/aromatic N) is 2. The maximum Gasteiger partial charge on any atom is 0.407 e. The monoisotopic (exact) mass is 374 g/mol. The van der Waals surface area contributed by atoms with E-state index >= 15 is 0 Å². The fraction of sp³-hybridized carbons (Fsp3) is 0.619. The van der Waals surface area contributed by atoms with Gasteiger partial charge in [0.05, 0.1) is 6.04 Å². The van der Waals surface area contributed by atoms with Crippen LogP contribution in [0.25, 0.3) is 0 Å². The average Bonchev–Trinajstić information content (AvgIpc) is 3.05. The molecule has 2 unspecified atom stereocenters. The van der Waals surface area contributed by atoms with E-state index < -0.39 is 5.60 Å². The lowest BCUT2D eigenvalue weighted by Gasteiger charge is -2.24. The molecule has 0 bridgehead atoms. The van der Waals surface area contributed by atoms with Crippen molar-refractivity contribution < 1.29 is 9.53 Å². The highest BCUT2D eigenvalue weighted by Gasteiger charge is 2.27. The van der Waals surface area contributed by atoms with Crippen molar-refractivity contribution >= 4 is 12.1 Å². The molecular formula is C21H34N4O2. The number of ether oxygens (including phenoxy) is 1. The van der Waals surface area contributed by atoms with Gasteiger partial charge < -0.3 is 20.3 Å². The Morgan fingerprint density at radius 1 is 1.33 bits per heavy atom. The van der Waals surface area contributed by atoms with Crippen LogP contribution in [-0.4, -0.2) is 54.8 Å². The summed E-state index contributed by atoms with van der Waals surface area (Å²) < 4.78 is 5.36. The Bertz CT molecular complexity index is 625. The van der Waals surface area contributed by atoms with Crippen LogP contribution >= 0.6 is 0 Å². The number of aliphatic imine (C=N–C) groups is 1. The summed E-state index contributed by atoms with van der Waals surface area (Å²) in [5, 5.41) is 6.34. The van der Waals surface area contributed by atoms with Gasteiger partial charge in [0.15, 0.2) is 5.96 Å². The Balaban J connectivity index is 1.92. The fourth-order valence-corrected chi connectivity index (χ4v) is 3.08. The Morgan fingerprint density at radius 3 is 2.67 bits per heavy atom. The maximum absolute atomic E-state index is 12.0. The summed E-state index contributed by atoms with van der Waals surface area (Å²) in [6.45, 7) is 13.0. The molecule has 2 N–H and O–H groups in total. The number of guanidine groups is 1. The summed E-state index contributed by atoms with van der Waals surface area (Å²) >= 11 is 0. The second-order valence-corrected chi connectivity index (χ2v) is 8.08. The van der Waals surface area contributed by atoms with E-state index in [-0.39, 0.29) is 12.1 Å². The highest BCUT2D eigenvalue weighted by atomic mass is 16.6. The molecule has 1 saturated heterocycles. The van der Waals surface area contributed by atoms with Gasteiger partial charge in [-0.25, -0.2) is 4.79 Å². The van der Waals surface area contributed by atoms with Crippen molar-refractivity contribution in [3.8, 4) is 0 Å². The van der Waals surface area contributed by atoms with Crippen LogP contribution in [0.5, 0.6) is 0 Å². The van der Waals surface area contributed by atoms with E-state index in [0.29, 0.717) is 5.92 Å². The first-order valence-electron chi connectivity index (χ1n) is 9.86. The zero-order chi connectivity index (χ0) is 19.9. The number of benzene rings is 1. The molecule has 0 aromatic heterocycles. The SMILES string of the molecule is CCNC(=NCC(C)c1ccccc1)N1CCC(NC(=O)OC(C)(C)C)C1. The normalized spacial score (nSPS) is 18.9. The molecule has 1 amide bonds. The van der Waals surface area contributed by atoms with E-state index in [1.54, 1.807) is 0 Å². The van der Waals surface area contributed by atoms with Crippen molar-refractivity contribution in [1.29, 1.82) is 0 Å². The Labute approximate surface area is 163 Å². The number of amides is 1. The van der Waals surface area contributed by atoms with Gasteiger partial charge in [0.25, 0.3) is 0 Å². The van der Waals surface area contributed by atoms with Crippen molar-refractivity contribution in [2.75, 3.05) is 26.2 Å². The van der Waals surface area contributed by atoms with Gasteiger partial charge in [0, 0.05) is 32.1 Å². The molecule has 6 heteroatoms. The van der Waals surface area contributed by atoms with E-state index in [9.17, 15) is 4.79 Å². The summed E-state index contributed by atoms with van der Waals surface area (Å²) in [5.41, 5.74) is 0.815. The number of nitrogens with one attached hydrogen (secondary N) is 2.